The lowest BCUT2D eigenvalue weighted by atomic mass is 10.2. The van der Waals surface area contributed by atoms with Crippen LogP contribution in [0.25, 0.3) is 11.3 Å². The summed E-state index contributed by atoms with van der Waals surface area (Å²) in [6.07, 6.45) is 4.74. The van der Waals surface area contributed by atoms with Gasteiger partial charge < -0.3 is 0 Å². The predicted molar refractivity (Wildman–Crippen MR) is 88.1 cm³/mol. The lowest BCUT2D eigenvalue weighted by Crippen LogP contribution is -1.99. The highest BCUT2D eigenvalue weighted by Crippen LogP contribution is 2.20. The zero-order valence-corrected chi connectivity index (χ0v) is 13.8. The van der Waals surface area contributed by atoms with Crippen LogP contribution >= 0.6 is 0 Å². The number of rotatable bonds is 4. The van der Waals surface area contributed by atoms with E-state index < -0.39 is 5.95 Å². The lowest BCUT2D eigenvalue weighted by Gasteiger charge is -2.02. The second kappa shape index (κ2) is 6.19. The van der Waals surface area contributed by atoms with Crippen LogP contribution in [0.1, 0.15) is 17.0 Å². The summed E-state index contributed by atoms with van der Waals surface area (Å²) >= 11 is 0. The number of halogens is 1. The Hall–Kier alpha value is -3.10. The average Bonchev–Trinajstić information content (AvgIpc) is 3.01. The van der Waals surface area contributed by atoms with Gasteiger partial charge in [0.1, 0.15) is 0 Å². The van der Waals surface area contributed by atoms with Crippen LogP contribution in [0, 0.1) is 19.8 Å². The summed E-state index contributed by atoms with van der Waals surface area (Å²) in [7, 11) is 3.41. The van der Waals surface area contributed by atoms with Crippen molar-refractivity contribution in [3.05, 3.63) is 41.4 Å². The standard InChI is InChI=1S/C15H17FN8/c1-9-11(14(16)24(4)22-9)7-18-21-15-17-6-5-13(20-15)12-8-19-23(3)10(12)2/h5-8H,1-4H3,(H,17,20,21)/b18-7+. The van der Waals surface area contributed by atoms with Crippen molar-refractivity contribution in [1.82, 2.24) is 29.5 Å². The summed E-state index contributed by atoms with van der Waals surface area (Å²) in [5.41, 5.74) is 6.24. The van der Waals surface area contributed by atoms with Crippen LogP contribution < -0.4 is 5.43 Å². The van der Waals surface area contributed by atoms with Crippen molar-refractivity contribution >= 4 is 12.2 Å². The summed E-state index contributed by atoms with van der Waals surface area (Å²) < 4.78 is 16.8. The van der Waals surface area contributed by atoms with Crippen LogP contribution in [0.4, 0.5) is 10.3 Å². The number of hydrazone groups is 1. The van der Waals surface area contributed by atoms with Gasteiger partial charge in [-0.05, 0) is 19.9 Å². The third kappa shape index (κ3) is 2.87. The molecule has 0 spiro atoms. The van der Waals surface area contributed by atoms with Crippen molar-refractivity contribution in [2.75, 3.05) is 5.43 Å². The number of aryl methyl sites for hydroxylation is 3. The van der Waals surface area contributed by atoms with E-state index in [1.807, 2.05) is 14.0 Å². The second-order valence-electron chi connectivity index (χ2n) is 5.32. The molecule has 8 nitrogen and oxygen atoms in total. The molecular weight excluding hydrogens is 311 g/mol. The zero-order chi connectivity index (χ0) is 17.3. The molecule has 3 aromatic heterocycles. The minimum absolute atomic E-state index is 0.314. The number of anilines is 1. The van der Waals surface area contributed by atoms with E-state index in [1.165, 1.54) is 17.9 Å². The molecule has 3 heterocycles. The first-order chi connectivity index (χ1) is 11.5. The Kier molecular flexibility index (Phi) is 4.07. The van der Waals surface area contributed by atoms with Gasteiger partial charge in [0.2, 0.25) is 11.9 Å². The van der Waals surface area contributed by atoms with Crippen molar-refractivity contribution < 1.29 is 4.39 Å². The van der Waals surface area contributed by atoms with E-state index in [-0.39, 0.29) is 0 Å². The molecule has 0 amide bonds. The molecule has 0 aromatic carbocycles. The SMILES string of the molecule is Cc1nn(C)c(F)c1/C=N/Nc1nccc(-c2cnn(C)c2C)n1. The maximum Gasteiger partial charge on any atom is 0.244 e. The smallest absolute Gasteiger partial charge is 0.244 e. The Labute approximate surface area is 138 Å². The molecule has 9 heteroatoms. The summed E-state index contributed by atoms with van der Waals surface area (Å²) in [5, 5.41) is 12.2. The topological polar surface area (TPSA) is 85.8 Å². The van der Waals surface area contributed by atoms with Crippen LogP contribution in [0.2, 0.25) is 0 Å². The Morgan fingerprint density at radius 2 is 2.04 bits per heavy atom. The molecule has 3 aromatic rings. The molecule has 3 rings (SSSR count). The molecule has 1 N–H and O–H groups in total. The van der Waals surface area contributed by atoms with Gasteiger partial charge in [0.15, 0.2) is 0 Å². The fraction of sp³-hybridized carbons (Fsp3) is 0.267. The van der Waals surface area contributed by atoms with Crippen LogP contribution in [-0.4, -0.2) is 35.7 Å². The molecule has 0 aliphatic heterocycles. The van der Waals surface area contributed by atoms with Gasteiger partial charge >= 0.3 is 0 Å². The Morgan fingerprint density at radius 3 is 2.67 bits per heavy atom. The monoisotopic (exact) mass is 328 g/mol. The highest BCUT2D eigenvalue weighted by molar-refractivity contribution is 5.81. The molecule has 0 aliphatic carbocycles. The van der Waals surface area contributed by atoms with Gasteiger partial charge in [0.05, 0.1) is 29.4 Å². The first-order valence-corrected chi connectivity index (χ1v) is 7.27. The molecule has 24 heavy (non-hydrogen) atoms. The number of hydrogen-bond donors (Lipinski definition) is 1. The van der Waals surface area contributed by atoms with Crippen molar-refractivity contribution in [3.8, 4) is 11.3 Å². The molecule has 0 saturated carbocycles. The van der Waals surface area contributed by atoms with Gasteiger partial charge in [-0.15, -0.1) is 0 Å². The molecule has 0 aliphatic rings. The van der Waals surface area contributed by atoms with Gasteiger partial charge in [0, 0.05) is 31.5 Å². The lowest BCUT2D eigenvalue weighted by molar-refractivity contribution is 0.502. The third-order valence-corrected chi connectivity index (χ3v) is 3.72. The highest BCUT2D eigenvalue weighted by Gasteiger charge is 2.11. The van der Waals surface area contributed by atoms with Gasteiger partial charge in [-0.25, -0.2) is 20.1 Å². The minimum Gasteiger partial charge on any atom is -0.272 e. The van der Waals surface area contributed by atoms with Crippen molar-refractivity contribution in [2.24, 2.45) is 19.2 Å². The van der Waals surface area contributed by atoms with Crippen LogP contribution in [0.3, 0.4) is 0 Å². The largest absolute Gasteiger partial charge is 0.272 e. The summed E-state index contributed by atoms with van der Waals surface area (Å²) in [6.45, 7) is 3.68. The van der Waals surface area contributed by atoms with Gasteiger partial charge in [-0.1, -0.05) is 0 Å². The quantitative estimate of drug-likeness (QED) is 0.583. The predicted octanol–water partition coefficient (Wildman–Crippen LogP) is 1.81. The normalized spacial score (nSPS) is 11.4. The van der Waals surface area contributed by atoms with Gasteiger partial charge in [-0.3, -0.25) is 4.68 Å². The van der Waals surface area contributed by atoms with E-state index in [0.717, 1.165) is 17.0 Å². The maximum atomic E-state index is 13.8. The summed E-state index contributed by atoms with van der Waals surface area (Å²) in [5.74, 6) is -0.132. The van der Waals surface area contributed by atoms with Gasteiger partial charge in [0.25, 0.3) is 0 Å². The zero-order valence-electron chi connectivity index (χ0n) is 13.8. The molecule has 0 bridgehead atoms. The van der Waals surface area contributed by atoms with Crippen molar-refractivity contribution in [2.45, 2.75) is 13.8 Å². The van der Waals surface area contributed by atoms with Crippen LogP contribution in [0.15, 0.2) is 23.6 Å². The van der Waals surface area contributed by atoms with Gasteiger partial charge in [-0.2, -0.15) is 19.7 Å². The van der Waals surface area contributed by atoms with E-state index >= 15 is 0 Å². The summed E-state index contributed by atoms with van der Waals surface area (Å²) in [4.78, 5) is 8.50. The molecule has 0 atom stereocenters. The summed E-state index contributed by atoms with van der Waals surface area (Å²) in [6, 6.07) is 1.80. The van der Waals surface area contributed by atoms with Crippen LogP contribution in [-0.2, 0) is 14.1 Å². The first kappa shape index (κ1) is 15.8. The molecule has 0 radical (unpaired) electrons. The Morgan fingerprint density at radius 1 is 1.25 bits per heavy atom. The second-order valence-corrected chi connectivity index (χ2v) is 5.32. The van der Waals surface area contributed by atoms with E-state index in [2.05, 4.69) is 30.7 Å². The van der Waals surface area contributed by atoms with E-state index in [4.69, 9.17) is 0 Å². The van der Waals surface area contributed by atoms with E-state index in [9.17, 15) is 4.39 Å². The molecule has 124 valence electrons. The average molecular weight is 328 g/mol. The van der Waals surface area contributed by atoms with Crippen LogP contribution in [0.5, 0.6) is 0 Å². The Balaban J connectivity index is 1.80. The fourth-order valence-electron chi connectivity index (χ4n) is 2.26. The fourth-order valence-corrected chi connectivity index (χ4v) is 2.26. The molecular formula is C15H17FN8. The Bertz CT molecular complexity index is 908. The van der Waals surface area contributed by atoms with E-state index in [1.54, 1.807) is 30.1 Å². The minimum atomic E-state index is -0.446. The first-order valence-electron chi connectivity index (χ1n) is 7.27. The number of nitrogens with zero attached hydrogens (tertiary/aromatic N) is 7. The molecule has 0 fully saturated rings. The number of aromatic nitrogens is 6. The van der Waals surface area contributed by atoms with E-state index in [0.29, 0.717) is 17.2 Å². The maximum absolute atomic E-state index is 13.8. The van der Waals surface area contributed by atoms with Crippen molar-refractivity contribution in [3.63, 3.8) is 0 Å². The number of nitrogens with one attached hydrogen (secondary N) is 1. The highest BCUT2D eigenvalue weighted by atomic mass is 19.1. The number of hydrogen-bond acceptors (Lipinski definition) is 6. The molecule has 0 unspecified atom stereocenters. The molecule has 0 saturated heterocycles. The van der Waals surface area contributed by atoms with Crippen molar-refractivity contribution in [1.29, 1.82) is 0 Å². The third-order valence-electron chi connectivity index (χ3n) is 3.72.